The fourth-order valence-electron chi connectivity index (χ4n) is 2.57. The van der Waals surface area contributed by atoms with Gasteiger partial charge in [-0.3, -0.25) is 0 Å². The number of likely N-dealkylation sites (tertiary alicyclic amines) is 1. The zero-order chi connectivity index (χ0) is 17.9. The van der Waals surface area contributed by atoms with Crippen LogP contribution in [0.15, 0.2) is 34.7 Å². The Kier molecular flexibility index (Phi) is 5.44. The molecule has 132 valence electrons. The van der Waals surface area contributed by atoms with Crippen molar-refractivity contribution in [1.29, 1.82) is 5.26 Å². The number of sulfonamides is 1. The van der Waals surface area contributed by atoms with E-state index in [1.165, 1.54) is 22.3 Å². The summed E-state index contributed by atoms with van der Waals surface area (Å²) in [4.78, 5) is 5.72. The van der Waals surface area contributed by atoms with Crippen molar-refractivity contribution in [2.24, 2.45) is 0 Å². The summed E-state index contributed by atoms with van der Waals surface area (Å²) in [7, 11) is -3.77. The molecule has 0 radical (unpaired) electrons. The molecule has 0 saturated carbocycles. The minimum Gasteiger partial charge on any atom is -0.378 e. The van der Waals surface area contributed by atoms with Crippen molar-refractivity contribution in [1.82, 2.24) is 14.6 Å². The van der Waals surface area contributed by atoms with Gasteiger partial charge in [-0.25, -0.2) is 18.1 Å². The van der Waals surface area contributed by atoms with Gasteiger partial charge < -0.3 is 10.2 Å². The molecule has 1 aromatic heterocycles. The van der Waals surface area contributed by atoms with Crippen LogP contribution in [0.4, 0.5) is 5.69 Å². The Balaban J connectivity index is 1.73. The number of hydrogen-bond acceptors (Lipinski definition) is 7. The molecule has 10 heteroatoms. The number of nitrogens with one attached hydrogen (secondary N) is 2. The standard InChI is InChI=1S/C15H16ClN5O2S2/c16-13-2-1-11(19-8-15-18-4-6-24-15)7-14(13)25(22,23)20-12-3-5-21(9-12)10-17/h1-2,4,6-7,12,19-20H,3,5,8-9H2/t12-/m1/s1. The van der Waals surface area contributed by atoms with Crippen LogP contribution in [-0.4, -0.2) is 37.4 Å². The number of nitriles is 1. The predicted molar refractivity (Wildman–Crippen MR) is 96.8 cm³/mol. The maximum Gasteiger partial charge on any atom is 0.242 e. The third-order valence-electron chi connectivity index (χ3n) is 3.80. The first kappa shape index (κ1) is 17.9. The second-order valence-corrected chi connectivity index (χ2v) is 8.65. The number of aromatic nitrogens is 1. The Morgan fingerprint density at radius 1 is 1.48 bits per heavy atom. The summed E-state index contributed by atoms with van der Waals surface area (Å²) in [6.45, 7) is 1.42. The first-order valence-corrected chi connectivity index (χ1v) is 10.3. The van der Waals surface area contributed by atoms with E-state index in [4.69, 9.17) is 16.9 Å². The summed E-state index contributed by atoms with van der Waals surface area (Å²) in [5.74, 6) is 0. The van der Waals surface area contributed by atoms with Gasteiger partial charge in [0.2, 0.25) is 10.0 Å². The van der Waals surface area contributed by atoms with Gasteiger partial charge in [-0.1, -0.05) is 11.6 Å². The molecular formula is C15H16ClN5O2S2. The van der Waals surface area contributed by atoms with Crippen LogP contribution < -0.4 is 10.0 Å². The van der Waals surface area contributed by atoms with Crippen molar-refractivity contribution in [2.45, 2.75) is 23.9 Å². The Hall–Kier alpha value is -1.86. The van der Waals surface area contributed by atoms with Gasteiger partial charge in [0.1, 0.15) is 9.90 Å². The summed E-state index contributed by atoms with van der Waals surface area (Å²) >= 11 is 7.62. The monoisotopic (exact) mass is 397 g/mol. The normalized spacial score (nSPS) is 17.4. The van der Waals surface area contributed by atoms with Gasteiger partial charge in [0.15, 0.2) is 6.19 Å². The molecule has 1 fully saturated rings. The van der Waals surface area contributed by atoms with E-state index in [1.54, 1.807) is 18.3 Å². The van der Waals surface area contributed by atoms with Gasteiger partial charge in [-0.2, -0.15) is 5.26 Å². The number of benzene rings is 1. The van der Waals surface area contributed by atoms with E-state index >= 15 is 0 Å². The Morgan fingerprint density at radius 3 is 3.00 bits per heavy atom. The van der Waals surface area contributed by atoms with E-state index in [1.807, 2.05) is 11.6 Å². The van der Waals surface area contributed by atoms with Gasteiger partial charge >= 0.3 is 0 Å². The number of anilines is 1. The van der Waals surface area contributed by atoms with Crippen LogP contribution in [0.3, 0.4) is 0 Å². The van der Waals surface area contributed by atoms with Crippen molar-refractivity contribution in [3.8, 4) is 6.19 Å². The van der Waals surface area contributed by atoms with Crippen LogP contribution in [0.5, 0.6) is 0 Å². The summed E-state index contributed by atoms with van der Waals surface area (Å²) in [6.07, 6.45) is 4.33. The maximum atomic E-state index is 12.7. The van der Waals surface area contributed by atoms with E-state index in [2.05, 4.69) is 15.0 Å². The largest absolute Gasteiger partial charge is 0.378 e. The maximum absolute atomic E-state index is 12.7. The highest BCUT2D eigenvalue weighted by Crippen LogP contribution is 2.26. The first-order valence-electron chi connectivity index (χ1n) is 7.57. The molecule has 3 rings (SSSR count). The van der Waals surface area contributed by atoms with Crippen molar-refractivity contribution < 1.29 is 8.42 Å². The zero-order valence-corrected chi connectivity index (χ0v) is 15.5. The van der Waals surface area contributed by atoms with Gasteiger partial charge in [-0.05, 0) is 24.6 Å². The van der Waals surface area contributed by atoms with Gasteiger partial charge in [0.25, 0.3) is 0 Å². The van der Waals surface area contributed by atoms with Gasteiger partial charge in [-0.15, -0.1) is 11.3 Å². The van der Waals surface area contributed by atoms with Crippen LogP contribution in [-0.2, 0) is 16.6 Å². The smallest absolute Gasteiger partial charge is 0.242 e. The number of rotatable bonds is 6. The Morgan fingerprint density at radius 2 is 2.32 bits per heavy atom. The molecule has 2 heterocycles. The van der Waals surface area contributed by atoms with Crippen LogP contribution in [0.25, 0.3) is 0 Å². The second kappa shape index (κ2) is 7.58. The van der Waals surface area contributed by atoms with Crippen molar-refractivity contribution in [2.75, 3.05) is 18.4 Å². The summed E-state index contributed by atoms with van der Waals surface area (Å²) in [5, 5.41) is 15.0. The quantitative estimate of drug-likeness (QED) is 0.725. The molecule has 1 aliphatic heterocycles. The number of thiazole rings is 1. The van der Waals surface area contributed by atoms with Crippen LogP contribution in [0.2, 0.25) is 5.02 Å². The second-order valence-electron chi connectivity index (χ2n) is 5.58. The fourth-order valence-corrected chi connectivity index (χ4v) is 4.91. The molecule has 1 atom stereocenters. The SMILES string of the molecule is N#CN1CC[C@@H](NS(=O)(=O)c2cc(NCc3nccs3)ccc2Cl)C1. The average Bonchev–Trinajstić information content (AvgIpc) is 3.25. The molecular weight excluding hydrogens is 382 g/mol. The van der Waals surface area contributed by atoms with Crippen LogP contribution in [0.1, 0.15) is 11.4 Å². The van der Waals surface area contributed by atoms with Gasteiger partial charge in [0.05, 0.1) is 11.6 Å². The van der Waals surface area contributed by atoms with Gasteiger partial charge in [0, 0.05) is 36.4 Å². The summed E-state index contributed by atoms with van der Waals surface area (Å²) in [6, 6.07) is 4.49. The topological polar surface area (TPSA) is 98.1 Å². The predicted octanol–water partition coefficient (Wildman–Crippen LogP) is 2.24. The van der Waals surface area contributed by atoms with Crippen LogP contribution in [0, 0.1) is 11.5 Å². The number of hydrogen-bond donors (Lipinski definition) is 2. The third kappa shape index (κ3) is 4.41. The zero-order valence-electron chi connectivity index (χ0n) is 13.1. The molecule has 0 amide bonds. The van der Waals surface area contributed by atoms with Crippen molar-refractivity contribution >= 4 is 38.6 Å². The molecule has 2 N–H and O–H groups in total. The highest BCUT2D eigenvalue weighted by Gasteiger charge is 2.28. The number of nitrogens with zero attached hydrogens (tertiary/aromatic N) is 3. The fraction of sp³-hybridized carbons (Fsp3) is 0.333. The van der Waals surface area contributed by atoms with E-state index < -0.39 is 10.0 Å². The van der Waals surface area contributed by atoms with Crippen LogP contribution >= 0.6 is 22.9 Å². The molecule has 0 spiro atoms. The molecule has 1 saturated heterocycles. The lowest BCUT2D eigenvalue weighted by atomic mass is 10.3. The van der Waals surface area contributed by atoms with E-state index in [9.17, 15) is 8.42 Å². The van der Waals surface area contributed by atoms with Crippen molar-refractivity contribution in [3.05, 3.63) is 39.8 Å². The summed E-state index contributed by atoms with van der Waals surface area (Å²) in [5.41, 5.74) is 0.644. The van der Waals surface area contributed by atoms with Crippen molar-refractivity contribution in [3.63, 3.8) is 0 Å². The molecule has 0 bridgehead atoms. The highest BCUT2D eigenvalue weighted by atomic mass is 35.5. The minimum atomic E-state index is -3.77. The molecule has 1 aliphatic rings. The summed E-state index contributed by atoms with van der Waals surface area (Å²) < 4.78 is 27.9. The lowest BCUT2D eigenvalue weighted by molar-refractivity contribution is 0.470. The lowest BCUT2D eigenvalue weighted by Crippen LogP contribution is -2.36. The molecule has 0 aliphatic carbocycles. The molecule has 7 nitrogen and oxygen atoms in total. The van der Waals surface area contributed by atoms with E-state index in [0.717, 1.165) is 5.01 Å². The molecule has 25 heavy (non-hydrogen) atoms. The molecule has 0 unspecified atom stereocenters. The van der Waals surface area contributed by atoms with E-state index in [-0.39, 0.29) is 16.0 Å². The molecule has 1 aromatic carbocycles. The first-order chi connectivity index (χ1) is 12.0. The minimum absolute atomic E-state index is 0.0220. The lowest BCUT2D eigenvalue weighted by Gasteiger charge is -2.15. The number of halogens is 1. The Labute approximate surface area is 155 Å². The average molecular weight is 398 g/mol. The van der Waals surface area contributed by atoms with E-state index in [0.29, 0.717) is 31.7 Å². The third-order valence-corrected chi connectivity index (χ3v) is 6.58. The Bertz CT molecular complexity index is 880. The molecule has 2 aromatic rings. The highest BCUT2D eigenvalue weighted by molar-refractivity contribution is 7.89.